The average Bonchev–Trinajstić information content (AvgIpc) is 3.23. The SMILES string of the molecule is COc1cc2nc(-c3c[nH]c4ncc(Cl)cc34)nc(NC(C)(C)C(=O)NCC(F)(F)F)c2cc1OC. The zero-order chi connectivity index (χ0) is 26.3. The molecule has 190 valence electrons. The van der Waals surface area contributed by atoms with Gasteiger partial charge >= 0.3 is 6.18 Å². The van der Waals surface area contributed by atoms with E-state index in [1.54, 1.807) is 24.4 Å². The number of carbonyl (C=O) groups is 1. The van der Waals surface area contributed by atoms with Crippen molar-refractivity contribution < 1.29 is 27.4 Å². The Morgan fingerprint density at radius 2 is 1.78 bits per heavy atom. The Morgan fingerprint density at radius 1 is 1.08 bits per heavy atom. The number of carbonyl (C=O) groups excluding carboxylic acids is 1. The van der Waals surface area contributed by atoms with Gasteiger partial charge in [-0.2, -0.15) is 13.2 Å². The van der Waals surface area contributed by atoms with Crippen LogP contribution in [0.1, 0.15) is 13.8 Å². The van der Waals surface area contributed by atoms with E-state index in [1.165, 1.54) is 34.3 Å². The minimum Gasteiger partial charge on any atom is -0.493 e. The van der Waals surface area contributed by atoms with Crippen LogP contribution in [0.5, 0.6) is 11.5 Å². The summed E-state index contributed by atoms with van der Waals surface area (Å²) in [6.45, 7) is 1.44. The number of nitrogens with zero attached hydrogens (tertiary/aromatic N) is 3. The zero-order valence-corrected chi connectivity index (χ0v) is 20.4. The van der Waals surface area contributed by atoms with E-state index < -0.39 is 24.2 Å². The third-order valence-corrected chi connectivity index (χ3v) is 5.59. The van der Waals surface area contributed by atoms with Gasteiger partial charge in [0.25, 0.3) is 0 Å². The Balaban J connectivity index is 1.86. The molecule has 0 fully saturated rings. The van der Waals surface area contributed by atoms with Crippen LogP contribution < -0.4 is 20.1 Å². The van der Waals surface area contributed by atoms with Crippen molar-refractivity contribution in [2.75, 3.05) is 26.1 Å². The van der Waals surface area contributed by atoms with Crippen molar-refractivity contribution in [3.63, 3.8) is 0 Å². The Hall–Kier alpha value is -3.80. The largest absolute Gasteiger partial charge is 0.493 e. The highest BCUT2D eigenvalue weighted by Gasteiger charge is 2.34. The number of ether oxygens (including phenoxy) is 2. The van der Waals surface area contributed by atoms with E-state index in [4.69, 9.17) is 21.1 Å². The number of fused-ring (bicyclic) bond motifs is 2. The van der Waals surface area contributed by atoms with Crippen molar-refractivity contribution in [2.45, 2.75) is 25.6 Å². The van der Waals surface area contributed by atoms with Gasteiger partial charge in [0.2, 0.25) is 5.91 Å². The summed E-state index contributed by atoms with van der Waals surface area (Å²) < 4.78 is 48.8. The standard InChI is InChI=1S/C23H22ClF3N6O3/c1-22(2,21(34)30-10-23(25,26)27)33-20-13-6-16(35-3)17(36-4)7-15(13)31-19(32-20)14-9-29-18-12(14)5-11(24)8-28-18/h5-9H,10H2,1-4H3,(H,28,29)(H,30,34)(H,31,32,33). The molecule has 9 nitrogen and oxygen atoms in total. The number of H-pyrrole nitrogens is 1. The third kappa shape index (κ3) is 5.08. The summed E-state index contributed by atoms with van der Waals surface area (Å²) in [5.41, 5.74) is 0.115. The molecule has 0 spiro atoms. The first-order valence-electron chi connectivity index (χ1n) is 10.6. The molecule has 13 heteroatoms. The molecular weight excluding hydrogens is 501 g/mol. The predicted octanol–water partition coefficient (Wildman–Crippen LogP) is 4.71. The molecule has 3 N–H and O–H groups in total. The van der Waals surface area contributed by atoms with Gasteiger partial charge in [-0.25, -0.2) is 15.0 Å². The van der Waals surface area contributed by atoms with Crippen LogP contribution in [-0.2, 0) is 4.79 Å². The molecule has 0 aliphatic rings. The fourth-order valence-corrected chi connectivity index (χ4v) is 3.75. The first-order valence-corrected chi connectivity index (χ1v) is 11.0. The maximum Gasteiger partial charge on any atom is 0.405 e. The summed E-state index contributed by atoms with van der Waals surface area (Å²) in [5, 5.41) is 6.41. The first kappa shape index (κ1) is 25.3. The van der Waals surface area contributed by atoms with E-state index in [2.05, 4.69) is 25.3 Å². The van der Waals surface area contributed by atoms with Crippen molar-refractivity contribution in [2.24, 2.45) is 0 Å². The fourth-order valence-electron chi connectivity index (χ4n) is 3.59. The van der Waals surface area contributed by atoms with Crippen LogP contribution in [0.25, 0.3) is 33.3 Å². The fraction of sp³-hybridized carbons (Fsp3) is 0.304. The number of rotatable bonds is 7. The van der Waals surface area contributed by atoms with Crippen LogP contribution in [0.3, 0.4) is 0 Å². The average molecular weight is 523 g/mol. The van der Waals surface area contributed by atoms with Gasteiger partial charge in [0.15, 0.2) is 17.3 Å². The van der Waals surface area contributed by atoms with Crippen molar-refractivity contribution in [3.05, 3.63) is 35.6 Å². The first-order chi connectivity index (χ1) is 16.9. The van der Waals surface area contributed by atoms with E-state index in [0.29, 0.717) is 44.0 Å². The molecule has 1 amide bonds. The molecule has 4 rings (SSSR count). The van der Waals surface area contributed by atoms with Gasteiger partial charge in [-0.3, -0.25) is 4.79 Å². The maximum absolute atomic E-state index is 12.7. The van der Waals surface area contributed by atoms with E-state index in [-0.39, 0.29) is 11.6 Å². The van der Waals surface area contributed by atoms with E-state index >= 15 is 0 Å². The number of halogens is 4. The number of hydrogen-bond donors (Lipinski definition) is 3. The number of methoxy groups -OCH3 is 2. The van der Waals surface area contributed by atoms with Crippen LogP contribution in [0.15, 0.2) is 30.6 Å². The lowest BCUT2D eigenvalue weighted by molar-refractivity contribution is -0.140. The monoisotopic (exact) mass is 522 g/mol. The molecule has 1 aromatic carbocycles. The number of benzene rings is 1. The molecule has 0 saturated carbocycles. The second kappa shape index (κ2) is 9.34. The molecule has 3 heterocycles. The zero-order valence-electron chi connectivity index (χ0n) is 19.7. The Morgan fingerprint density at radius 3 is 2.44 bits per heavy atom. The molecule has 0 unspecified atom stereocenters. The molecule has 0 atom stereocenters. The molecule has 0 saturated heterocycles. The highest BCUT2D eigenvalue weighted by Crippen LogP contribution is 2.37. The molecule has 0 bridgehead atoms. The minimum atomic E-state index is -4.55. The molecule has 0 radical (unpaired) electrons. The van der Waals surface area contributed by atoms with Crippen molar-refractivity contribution in [1.82, 2.24) is 25.3 Å². The number of anilines is 1. The number of aromatic amines is 1. The number of alkyl halides is 3. The molecule has 0 aliphatic heterocycles. The number of amides is 1. The van der Waals surface area contributed by atoms with Gasteiger partial charge in [-0.05, 0) is 26.0 Å². The summed E-state index contributed by atoms with van der Waals surface area (Å²) in [5.74, 6) is 0.390. The van der Waals surface area contributed by atoms with Gasteiger partial charge in [0.05, 0.1) is 24.8 Å². The number of aromatic nitrogens is 4. The lowest BCUT2D eigenvalue weighted by atomic mass is 10.0. The van der Waals surface area contributed by atoms with Crippen molar-refractivity contribution in [3.8, 4) is 22.9 Å². The Labute approximate surface area is 208 Å². The quantitative estimate of drug-likeness (QED) is 0.322. The van der Waals surface area contributed by atoms with E-state index in [1.807, 2.05) is 5.32 Å². The van der Waals surface area contributed by atoms with Gasteiger partial charge in [-0.15, -0.1) is 0 Å². The molecule has 4 aromatic rings. The van der Waals surface area contributed by atoms with Crippen LogP contribution in [0, 0.1) is 0 Å². The van der Waals surface area contributed by atoms with Crippen LogP contribution in [0.4, 0.5) is 19.0 Å². The number of pyridine rings is 1. The van der Waals surface area contributed by atoms with E-state index in [9.17, 15) is 18.0 Å². The van der Waals surface area contributed by atoms with Crippen LogP contribution >= 0.6 is 11.6 Å². The Kier molecular flexibility index (Phi) is 6.56. The highest BCUT2D eigenvalue weighted by molar-refractivity contribution is 6.31. The lowest BCUT2D eigenvalue weighted by Gasteiger charge is -2.27. The summed E-state index contributed by atoms with van der Waals surface area (Å²) >= 11 is 6.13. The van der Waals surface area contributed by atoms with Gasteiger partial charge < -0.3 is 25.1 Å². The number of hydrogen-bond acceptors (Lipinski definition) is 7. The molecular formula is C23H22ClF3N6O3. The number of nitrogens with one attached hydrogen (secondary N) is 3. The second-order valence-electron chi connectivity index (χ2n) is 8.42. The molecule has 0 aliphatic carbocycles. The normalized spacial score (nSPS) is 12.1. The smallest absolute Gasteiger partial charge is 0.405 e. The molecule has 3 aromatic heterocycles. The lowest BCUT2D eigenvalue weighted by Crippen LogP contribution is -2.50. The van der Waals surface area contributed by atoms with Gasteiger partial charge in [0, 0.05) is 34.8 Å². The van der Waals surface area contributed by atoms with Gasteiger partial charge in [-0.1, -0.05) is 11.6 Å². The van der Waals surface area contributed by atoms with Gasteiger partial charge in [0.1, 0.15) is 23.5 Å². The summed E-state index contributed by atoms with van der Waals surface area (Å²) in [7, 11) is 2.94. The summed E-state index contributed by atoms with van der Waals surface area (Å²) in [6, 6.07) is 4.97. The minimum absolute atomic E-state index is 0.201. The van der Waals surface area contributed by atoms with Crippen LogP contribution in [-0.4, -0.2) is 58.3 Å². The summed E-state index contributed by atoms with van der Waals surface area (Å²) in [6.07, 6.45) is -1.38. The predicted molar refractivity (Wildman–Crippen MR) is 130 cm³/mol. The van der Waals surface area contributed by atoms with Crippen LogP contribution in [0.2, 0.25) is 5.02 Å². The van der Waals surface area contributed by atoms with E-state index in [0.717, 1.165) is 0 Å². The topological polar surface area (TPSA) is 114 Å². The third-order valence-electron chi connectivity index (χ3n) is 5.39. The summed E-state index contributed by atoms with van der Waals surface area (Å²) in [4.78, 5) is 29.2. The maximum atomic E-state index is 12.7. The second-order valence-corrected chi connectivity index (χ2v) is 8.86. The van der Waals surface area contributed by atoms with Crippen molar-refractivity contribution >= 4 is 45.3 Å². The molecule has 36 heavy (non-hydrogen) atoms. The Bertz CT molecular complexity index is 1450. The van der Waals surface area contributed by atoms with Crippen molar-refractivity contribution in [1.29, 1.82) is 0 Å². The highest BCUT2D eigenvalue weighted by atomic mass is 35.5.